The van der Waals surface area contributed by atoms with Crippen molar-refractivity contribution in [1.29, 1.82) is 0 Å². The molecule has 80 valence electrons. The van der Waals surface area contributed by atoms with Crippen LogP contribution in [0.5, 0.6) is 0 Å². The van der Waals surface area contributed by atoms with E-state index in [4.69, 9.17) is 29.0 Å². The van der Waals surface area contributed by atoms with Crippen LogP contribution in [0.2, 0.25) is 10.0 Å². The van der Waals surface area contributed by atoms with Crippen molar-refractivity contribution in [2.45, 2.75) is 0 Å². The van der Waals surface area contributed by atoms with Gasteiger partial charge in [0.15, 0.2) is 0 Å². The molecule has 0 radical (unpaired) electrons. The Kier molecular flexibility index (Phi) is 3.90. The van der Waals surface area contributed by atoms with E-state index >= 15 is 0 Å². The van der Waals surface area contributed by atoms with Gasteiger partial charge in [0, 0.05) is 5.02 Å². The van der Waals surface area contributed by atoms with Crippen molar-refractivity contribution < 1.29 is 9.59 Å². The Hall–Kier alpha value is -1.30. The molecule has 0 unspecified atom stereocenters. The highest BCUT2D eigenvalue weighted by Gasteiger charge is 2.13. The van der Waals surface area contributed by atoms with Crippen molar-refractivity contribution in [1.82, 2.24) is 5.43 Å². The molecule has 0 atom stereocenters. The highest BCUT2D eigenvalue weighted by molar-refractivity contribution is 6.42. The van der Waals surface area contributed by atoms with Crippen LogP contribution in [0.4, 0.5) is 5.69 Å². The molecule has 2 amide bonds. The van der Waals surface area contributed by atoms with E-state index in [1.807, 2.05) is 0 Å². The summed E-state index contributed by atoms with van der Waals surface area (Å²) in [5.41, 5.74) is 1.98. The number of amides is 2. The fourth-order valence-corrected chi connectivity index (χ4v) is 1.29. The predicted octanol–water partition coefficient (Wildman–Crippen LogP) is 0.922. The lowest BCUT2D eigenvalue weighted by Gasteiger charge is -2.05. The SMILES string of the molecule is NNC(=O)C(=O)Nc1ccc(Cl)cc1Cl. The van der Waals surface area contributed by atoms with Gasteiger partial charge >= 0.3 is 11.8 Å². The zero-order valence-corrected chi connectivity index (χ0v) is 8.89. The van der Waals surface area contributed by atoms with Crippen molar-refractivity contribution in [2.75, 3.05) is 5.32 Å². The van der Waals surface area contributed by atoms with E-state index in [0.717, 1.165) is 0 Å². The number of nitrogens with one attached hydrogen (secondary N) is 2. The van der Waals surface area contributed by atoms with Crippen molar-refractivity contribution in [3.05, 3.63) is 28.2 Å². The number of halogens is 2. The quantitative estimate of drug-likeness (QED) is 0.299. The Morgan fingerprint density at radius 3 is 2.40 bits per heavy atom. The second kappa shape index (κ2) is 4.97. The summed E-state index contributed by atoms with van der Waals surface area (Å²) in [6, 6.07) is 4.45. The Morgan fingerprint density at radius 2 is 1.87 bits per heavy atom. The van der Waals surface area contributed by atoms with E-state index in [-0.39, 0.29) is 10.7 Å². The molecule has 0 bridgehead atoms. The van der Waals surface area contributed by atoms with E-state index in [9.17, 15) is 9.59 Å². The molecular formula is C8H7Cl2N3O2. The van der Waals surface area contributed by atoms with Gasteiger partial charge in [-0.2, -0.15) is 0 Å². The minimum absolute atomic E-state index is 0.237. The van der Waals surface area contributed by atoms with Gasteiger partial charge in [0.25, 0.3) is 0 Å². The lowest BCUT2D eigenvalue weighted by Crippen LogP contribution is -2.39. The topological polar surface area (TPSA) is 84.2 Å². The van der Waals surface area contributed by atoms with Gasteiger partial charge < -0.3 is 5.32 Å². The highest BCUT2D eigenvalue weighted by Crippen LogP contribution is 2.25. The first-order valence-corrected chi connectivity index (χ1v) is 4.57. The van der Waals surface area contributed by atoms with Crippen LogP contribution in [0.3, 0.4) is 0 Å². The lowest BCUT2D eigenvalue weighted by molar-refractivity contribution is -0.136. The van der Waals surface area contributed by atoms with E-state index in [2.05, 4.69) is 5.32 Å². The van der Waals surface area contributed by atoms with Gasteiger partial charge in [-0.05, 0) is 18.2 Å². The van der Waals surface area contributed by atoms with Gasteiger partial charge in [-0.1, -0.05) is 23.2 Å². The molecule has 1 aromatic rings. The predicted molar refractivity (Wildman–Crippen MR) is 57.4 cm³/mol. The van der Waals surface area contributed by atoms with Crippen LogP contribution in [-0.2, 0) is 9.59 Å². The van der Waals surface area contributed by atoms with Crippen LogP contribution < -0.4 is 16.6 Å². The zero-order chi connectivity index (χ0) is 11.4. The molecule has 7 heteroatoms. The first kappa shape index (κ1) is 11.8. The van der Waals surface area contributed by atoms with Crippen LogP contribution in [-0.4, -0.2) is 11.8 Å². The number of anilines is 1. The largest absolute Gasteiger partial charge is 0.323 e. The Bertz CT molecular complexity index is 409. The van der Waals surface area contributed by atoms with Gasteiger partial charge in [0.1, 0.15) is 0 Å². The Balaban J connectivity index is 2.81. The zero-order valence-electron chi connectivity index (χ0n) is 7.38. The Morgan fingerprint density at radius 1 is 1.20 bits per heavy atom. The average molecular weight is 248 g/mol. The minimum atomic E-state index is -0.957. The van der Waals surface area contributed by atoms with Crippen LogP contribution in [0.15, 0.2) is 18.2 Å². The summed E-state index contributed by atoms with van der Waals surface area (Å²) >= 11 is 11.4. The van der Waals surface area contributed by atoms with Crippen LogP contribution in [0.25, 0.3) is 0 Å². The first-order valence-electron chi connectivity index (χ1n) is 3.81. The van der Waals surface area contributed by atoms with Crippen molar-refractivity contribution in [3.63, 3.8) is 0 Å². The number of rotatable bonds is 1. The van der Waals surface area contributed by atoms with Gasteiger partial charge in [0.2, 0.25) is 0 Å². The minimum Gasteiger partial charge on any atom is -0.316 e. The summed E-state index contributed by atoms with van der Waals surface area (Å²) in [6.07, 6.45) is 0. The van der Waals surface area contributed by atoms with Crippen LogP contribution in [0.1, 0.15) is 0 Å². The molecule has 15 heavy (non-hydrogen) atoms. The number of hydrogen-bond donors (Lipinski definition) is 3. The summed E-state index contributed by atoms with van der Waals surface area (Å²) in [4.78, 5) is 21.9. The molecule has 1 aromatic carbocycles. The molecule has 0 aliphatic heterocycles. The second-order valence-corrected chi connectivity index (χ2v) is 3.40. The maximum atomic E-state index is 11.1. The lowest BCUT2D eigenvalue weighted by atomic mass is 10.3. The maximum absolute atomic E-state index is 11.1. The fraction of sp³-hybridized carbons (Fsp3) is 0. The van der Waals surface area contributed by atoms with Crippen molar-refractivity contribution in [2.24, 2.45) is 5.84 Å². The molecule has 0 spiro atoms. The summed E-state index contributed by atoms with van der Waals surface area (Å²) in [5.74, 6) is 2.92. The molecule has 0 heterocycles. The molecule has 0 saturated carbocycles. The highest BCUT2D eigenvalue weighted by atomic mass is 35.5. The first-order chi connectivity index (χ1) is 7.04. The summed E-state index contributed by atoms with van der Waals surface area (Å²) in [6.45, 7) is 0. The fourth-order valence-electron chi connectivity index (χ4n) is 0.835. The monoisotopic (exact) mass is 247 g/mol. The third-order valence-electron chi connectivity index (χ3n) is 1.52. The summed E-state index contributed by atoms with van der Waals surface area (Å²) < 4.78 is 0. The molecular weight excluding hydrogens is 241 g/mol. The number of hydrazine groups is 1. The molecule has 0 fully saturated rings. The number of benzene rings is 1. The van der Waals surface area contributed by atoms with Crippen molar-refractivity contribution in [3.8, 4) is 0 Å². The van der Waals surface area contributed by atoms with E-state index in [0.29, 0.717) is 5.02 Å². The standard InChI is InChI=1S/C8H7Cl2N3O2/c9-4-1-2-6(5(10)3-4)12-7(14)8(15)13-11/h1-3H,11H2,(H,12,14)(H,13,15). The van der Waals surface area contributed by atoms with Crippen LogP contribution in [0, 0.1) is 0 Å². The number of hydrogen-bond acceptors (Lipinski definition) is 3. The molecule has 1 rings (SSSR count). The molecule has 0 saturated heterocycles. The molecule has 0 aliphatic carbocycles. The maximum Gasteiger partial charge on any atom is 0.323 e. The van der Waals surface area contributed by atoms with Crippen LogP contribution >= 0.6 is 23.2 Å². The summed E-state index contributed by atoms with van der Waals surface area (Å²) in [5, 5.41) is 2.94. The van der Waals surface area contributed by atoms with E-state index in [1.165, 1.54) is 18.2 Å². The molecule has 5 nitrogen and oxygen atoms in total. The smallest absolute Gasteiger partial charge is 0.316 e. The van der Waals surface area contributed by atoms with Gasteiger partial charge in [-0.3, -0.25) is 15.0 Å². The normalized spacial score (nSPS) is 9.53. The molecule has 0 aliphatic rings. The number of carbonyl (C=O) groups is 2. The molecule has 4 N–H and O–H groups in total. The third-order valence-corrected chi connectivity index (χ3v) is 2.06. The molecule has 0 aromatic heterocycles. The van der Waals surface area contributed by atoms with Gasteiger partial charge in [0.05, 0.1) is 10.7 Å². The summed E-state index contributed by atoms with van der Waals surface area (Å²) in [7, 11) is 0. The average Bonchev–Trinajstić information content (AvgIpc) is 2.20. The van der Waals surface area contributed by atoms with Crippen molar-refractivity contribution >= 4 is 40.7 Å². The third kappa shape index (κ3) is 3.09. The van der Waals surface area contributed by atoms with Gasteiger partial charge in [-0.25, -0.2) is 5.84 Å². The number of nitrogens with two attached hydrogens (primary N) is 1. The van der Waals surface area contributed by atoms with E-state index in [1.54, 1.807) is 5.43 Å². The second-order valence-electron chi connectivity index (χ2n) is 2.55. The number of carbonyl (C=O) groups excluding carboxylic acids is 2. The van der Waals surface area contributed by atoms with E-state index < -0.39 is 11.8 Å². The van der Waals surface area contributed by atoms with Gasteiger partial charge in [-0.15, -0.1) is 0 Å². The Labute approximate surface area is 95.5 Å².